The largest absolute Gasteiger partial charge is 0.504 e. The van der Waals surface area contributed by atoms with Gasteiger partial charge in [-0.15, -0.1) is 5.11 Å². The number of rotatable bonds is 3. The van der Waals surface area contributed by atoms with E-state index < -0.39 is 0 Å². The topological polar surface area (TPSA) is 60.7 Å². The molecule has 0 bridgehead atoms. The zero-order valence-corrected chi connectivity index (χ0v) is 11.6. The summed E-state index contributed by atoms with van der Waals surface area (Å²) in [5.74, 6) is 0.124. The van der Waals surface area contributed by atoms with Gasteiger partial charge in [0, 0.05) is 11.3 Å². The molecule has 0 radical (unpaired) electrons. The highest BCUT2D eigenvalue weighted by Gasteiger charge is 2.15. The average molecular weight is 277 g/mol. The first-order valence-electron chi connectivity index (χ1n) is 6.69. The van der Waals surface area contributed by atoms with Gasteiger partial charge in [0.2, 0.25) is 0 Å². The molecule has 0 unspecified atom stereocenters. The van der Waals surface area contributed by atoms with E-state index in [4.69, 9.17) is 0 Å². The first-order valence-corrected chi connectivity index (χ1v) is 6.69. The van der Waals surface area contributed by atoms with E-state index in [0.717, 1.165) is 16.9 Å². The Morgan fingerprint density at radius 1 is 0.857 bits per heavy atom. The van der Waals surface area contributed by atoms with Crippen LogP contribution < -0.4 is 0 Å². The Morgan fingerprint density at radius 3 is 2.14 bits per heavy atom. The van der Waals surface area contributed by atoms with Gasteiger partial charge in [-0.05, 0) is 19.1 Å². The quantitative estimate of drug-likeness (QED) is 0.642. The molecule has 0 fully saturated rings. The SMILES string of the molecule is Cc1[nH]c(-c2ccccc2)c(O)c1N=Nc1ccccc1. The summed E-state index contributed by atoms with van der Waals surface area (Å²) in [6.45, 7) is 1.87. The van der Waals surface area contributed by atoms with Crippen LogP contribution in [0.1, 0.15) is 5.69 Å². The van der Waals surface area contributed by atoms with E-state index in [1.807, 2.05) is 67.6 Å². The third-order valence-electron chi connectivity index (χ3n) is 3.21. The van der Waals surface area contributed by atoms with Crippen molar-refractivity contribution in [1.29, 1.82) is 0 Å². The van der Waals surface area contributed by atoms with Crippen LogP contribution in [0.2, 0.25) is 0 Å². The molecule has 0 aliphatic rings. The van der Waals surface area contributed by atoms with Gasteiger partial charge in [-0.2, -0.15) is 5.11 Å². The van der Waals surface area contributed by atoms with Gasteiger partial charge < -0.3 is 10.1 Å². The van der Waals surface area contributed by atoms with Crippen molar-refractivity contribution >= 4 is 11.4 Å². The summed E-state index contributed by atoms with van der Waals surface area (Å²) < 4.78 is 0. The molecule has 1 heterocycles. The molecule has 104 valence electrons. The van der Waals surface area contributed by atoms with E-state index in [9.17, 15) is 5.11 Å². The van der Waals surface area contributed by atoms with Crippen LogP contribution in [0.5, 0.6) is 5.75 Å². The number of aromatic hydroxyl groups is 1. The lowest BCUT2D eigenvalue weighted by atomic mass is 10.1. The molecule has 2 aromatic carbocycles. The van der Waals surface area contributed by atoms with Gasteiger partial charge in [0.25, 0.3) is 0 Å². The highest BCUT2D eigenvalue weighted by atomic mass is 16.3. The van der Waals surface area contributed by atoms with Crippen molar-refractivity contribution in [2.75, 3.05) is 0 Å². The molecule has 3 rings (SSSR count). The second-order valence-corrected chi connectivity index (χ2v) is 4.72. The number of H-pyrrole nitrogens is 1. The molecule has 0 aliphatic carbocycles. The number of hydrogen-bond acceptors (Lipinski definition) is 3. The number of aromatic amines is 1. The summed E-state index contributed by atoms with van der Waals surface area (Å²) in [6.07, 6.45) is 0. The Kier molecular flexibility index (Phi) is 3.51. The minimum Gasteiger partial charge on any atom is -0.504 e. The van der Waals surface area contributed by atoms with Gasteiger partial charge in [0.15, 0.2) is 5.75 Å². The molecule has 0 amide bonds. The normalized spacial score (nSPS) is 11.1. The Labute approximate surface area is 122 Å². The fraction of sp³-hybridized carbons (Fsp3) is 0.0588. The first-order chi connectivity index (χ1) is 10.3. The number of nitrogens with zero attached hydrogens (tertiary/aromatic N) is 2. The molecule has 0 saturated carbocycles. The first kappa shape index (κ1) is 13.1. The molecular formula is C17H15N3O. The highest BCUT2D eigenvalue weighted by Crippen LogP contribution is 2.40. The van der Waals surface area contributed by atoms with E-state index in [2.05, 4.69) is 15.2 Å². The number of benzene rings is 2. The van der Waals surface area contributed by atoms with Gasteiger partial charge >= 0.3 is 0 Å². The zero-order valence-electron chi connectivity index (χ0n) is 11.6. The molecule has 0 aliphatic heterocycles. The summed E-state index contributed by atoms with van der Waals surface area (Å²) in [4.78, 5) is 3.16. The summed E-state index contributed by atoms with van der Waals surface area (Å²) in [5, 5.41) is 18.7. The van der Waals surface area contributed by atoms with Gasteiger partial charge in [-0.25, -0.2) is 0 Å². The lowest BCUT2D eigenvalue weighted by molar-refractivity contribution is 0.479. The van der Waals surface area contributed by atoms with E-state index in [0.29, 0.717) is 11.4 Å². The molecule has 0 atom stereocenters. The van der Waals surface area contributed by atoms with E-state index >= 15 is 0 Å². The summed E-state index contributed by atoms with van der Waals surface area (Å²) >= 11 is 0. The minimum absolute atomic E-state index is 0.124. The predicted octanol–water partition coefficient (Wildman–Crippen LogP) is 5.11. The van der Waals surface area contributed by atoms with Crippen molar-refractivity contribution in [2.24, 2.45) is 10.2 Å². The van der Waals surface area contributed by atoms with Crippen LogP contribution in [0.3, 0.4) is 0 Å². The lowest BCUT2D eigenvalue weighted by Gasteiger charge is -1.98. The van der Waals surface area contributed by atoms with Crippen molar-refractivity contribution in [3.63, 3.8) is 0 Å². The summed E-state index contributed by atoms with van der Waals surface area (Å²) in [7, 11) is 0. The molecule has 21 heavy (non-hydrogen) atoms. The van der Waals surface area contributed by atoms with Crippen LogP contribution in [0, 0.1) is 6.92 Å². The Balaban J connectivity index is 1.98. The van der Waals surface area contributed by atoms with E-state index in [-0.39, 0.29) is 5.75 Å². The van der Waals surface area contributed by atoms with Crippen LogP contribution in [0.25, 0.3) is 11.3 Å². The molecule has 4 heteroatoms. The van der Waals surface area contributed by atoms with E-state index in [1.165, 1.54) is 0 Å². The fourth-order valence-electron chi connectivity index (χ4n) is 2.14. The maximum atomic E-state index is 10.4. The Morgan fingerprint density at radius 2 is 1.48 bits per heavy atom. The van der Waals surface area contributed by atoms with Crippen LogP contribution >= 0.6 is 0 Å². The maximum absolute atomic E-state index is 10.4. The van der Waals surface area contributed by atoms with Crippen molar-refractivity contribution in [3.8, 4) is 17.0 Å². The number of azo groups is 1. The monoisotopic (exact) mass is 277 g/mol. The molecule has 3 aromatic rings. The second-order valence-electron chi connectivity index (χ2n) is 4.72. The van der Waals surface area contributed by atoms with Crippen molar-refractivity contribution in [3.05, 3.63) is 66.4 Å². The Hall–Kier alpha value is -2.88. The molecule has 4 nitrogen and oxygen atoms in total. The Bertz CT molecular complexity index is 761. The van der Waals surface area contributed by atoms with Crippen molar-refractivity contribution in [1.82, 2.24) is 4.98 Å². The molecular weight excluding hydrogens is 262 g/mol. The summed E-state index contributed by atoms with van der Waals surface area (Å²) in [6, 6.07) is 19.1. The summed E-state index contributed by atoms with van der Waals surface area (Å²) in [5.41, 5.74) is 3.58. The highest BCUT2D eigenvalue weighted by molar-refractivity contribution is 5.75. The number of nitrogens with one attached hydrogen (secondary N) is 1. The van der Waals surface area contributed by atoms with Crippen LogP contribution in [-0.4, -0.2) is 10.1 Å². The number of aromatic nitrogens is 1. The van der Waals surface area contributed by atoms with Crippen LogP contribution in [0.15, 0.2) is 70.9 Å². The maximum Gasteiger partial charge on any atom is 0.169 e. The average Bonchev–Trinajstić information content (AvgIpc) is 2.82. The molecule has 0 saturated heterocycles. The minimum atomic E-state index is 0.124. The predicted molar refractivity (Wildman–Crippen MR) is 83.2 cm³/mol. The number of aryl methyl sites for hydroxylation is 1. The standard InChI is InChI=1S/C17H15N3O/c1-12-15(20-19-14-10-6-3-7-11-14)17(21)16(18-12)13-8-4-2-5-9-13/h2-11,18,21H,1H3. The van der Waals surface area contributed by atoms with Gasteiger partial charge in [-0.1, -0.05) is 48.5 Å². The smallest absolute Gasteiger partial charge is 0.169 e. The number of hydrogen-bond donors (Lipinski definition) is 2. The molecule has 0 spiro atoms. The van der Waals surface area contributed by atoms with E-state index in [1.54, 1.807) is 0 Å². The lowest BCUT2D eigenvalue weighted by Crippen LogP contribution is -1.77. The molecule has 1 aromatic heterocycles. The zero-order chi connectivity index (χ0) is 14.7. The van der Waals surface area contributed by atoms with Gasteiger partial charge in [0.05, 0.1) is 11.4 Å². The van der Waals surface area contributed by atoms with Crippen LogP contribution in [-0.2, 0) is 0 Å². The third-order valence-corrected chi connectivity index (χ3v) is 3.21. The third kappa shape index (κ3) is 2.69. The van der Waals surface area contributed by atoms with Crippen molar-refractivity contribution < 1.29 is 5.11 Å². The van der Waals surface area contributed by atoms with Gasteiger partial charge in [0.1, 0.15) is 5.69 Å². The van der Waals surface area contributed by atoms with Crippen molar-refractivity contribution in [2.45, 2.75) is 6.92 Å². The van der Waals surface area contributed by atoms with Crippen LogP contribution in [0.4, 0.5) is 11.4 Å². The fourth-order valence-corrected chi connectivity index (χ4v) is 2.14. The second kappa shape index (κ2) is 5.63. The molecule has 2 N–H and O–H groups in total. The van der Waals surface area contributed by atoms with Gasteiger partial charge in [-0.3, -0.25) is 0 Å².